The first kappa shape index (κ1) is 11.9. The summed E-state index contributed by atoms with van der Waals surface area (Å²) in [5.41, 5.74) is 0.846. The molecule has 0 amide bonds. The molecule has 3 heteroatoms. The van der Waals surface area contributed by atoms with Crippen LogP contribution in [0.3, 0.4) is 0 Å². The van der Waals surface area contributed by atoms with Gasteiger partial charge in [-0.15, -0.1) is 0 Å². The number of Topliss-reactive ketones (excluding diaryl/α,β-unsaturated/α-hetero) is 1. The Bertz CT molecular complexity index is 397. The first-order valence-corrected chi connectivity index (χ1v) is 6.37. The quantitative estimate of drug-likeness (QED) is 0.786. The van der Waals surface area contributed by atoms with E-state index in [1.807, 2.05) is 12.1 Å². The van der Waals surface area contributed by atoms with Crippen LogP contribution >= 0.6 is 23.2 Å². The summed E-state index contributed by atoms with van der Waals surface area (Å²) in [5.74, 6) is 0.888. The van der Waals surface area contributed by atoms with E-state index in [0.717, 1.165) is 5.56 Å². The lowest BCUT2D eigenvalue weighted by Gasteiger charge is -2.24. The van der Waals surface area contributed by atoms with Gasteiger partial charge in [-0.1, -0.05) is 54.6 Å². The molecule has 16 heavy (non-hydrogen) atoms. The van der Waals surface area contributed by atoms with Gasteiger partial charge in [0, 0.05) is 12.8 Å². The first-order chi connectivity index (χ1) is 7.66. The Balaban J connectivity index is 1.97. The van der Waals surface area contributed by atoms with Crippen LogP contribution in [0.4, 0.5) is 0 Å². The number of ketones is 1. The van der Waals surface area contributed by atoms with Crippen molar-refractivity contribution in [3.63, 3.8) is 0 Å². The van der Waals surface area contributed by atoms with Crippen LogP contribution in [-0.2, 0) is 11.2 Å². The molecule has 1 saturated carbocycles. The van der Waals surface area contributed by atoms with Crippen molar-refractivity contribution in [2.75, 3.05) is 0 Å². The summed E-state index contributed by atoms with van der Waals surface area (Å²) in [7, 11) is 0. The minimum Gasteiger partial charge on any atom is -0.299 e. The molecule has 0 unspecified atom stereocenters. The monoisotopic (exact) mass is 256 g/mol. The zero-order valence-corrected chi connectivity index (χ0v) is 10.5. The summed E-state index contributed by atoms with van der Waals surface area (Å²) in [6.07, 6.45) is 4.79. The standard InChI is InChI=1S/C13H14Cl2O/c14-12-6-2-5-10(13(12)15)8-11(16)7-9-3-1-4-9/h2,5-6,9H,1,3-4,7-8H2. The van der Waals surface area contributed by atoms with Gasteiger partial charge >= 0.3 is 0 Å². The number of rotatable bonds is 4. The molecule has 0 radical (unpaired) electrons. The van der Waals surface area contributed by atoms with Gasteiger partial charge in [-0.3, -0.25) is 4.79 Å². The molecule has 0 aromatic heterocycles. The lowest BCUT2D eigenvalue weighted by molar-refractivity contribution is -0.119. The zero-order chi connectivity index (χ0) is 11.5. The van der Waals surface area contributed by atoms with Crippen molar-refractivity contribution in [3.8, 4) is 0 Å². The molecule has 0 bridgehead atoms. The van der Waals surface area contributed by atoms with Gasteiger partial charge in [-0.05, 0) is 17.5 Å². The number of benzene rings is 1. The second-order valence-corrected chi connectivity index (χ2v) is 5.21. The number of carbonyl (C=O) groups excluding carboxylic acids is 1. The van der Waals surface area contributed by atoms with E-state index in [1.54, 1.807) is 6.07 Å². The van der Waals surface area contributed by atoms with Crippen LogP contribution in [0.5, 0.6) is 0 Å². The molecular formula is C13H14Cl2O. The van der Waals surface area contributed by atoms with Crippen molar-refractivity contribution < 1.29 is 4.79 Å². The highest BCUT2D eigenvalue weighted by Gasteiger charge is 2.21. The minimum atomic E-state index is 0.272. The summed E-state index contributed by atoms with van der Waals surface area (Å²) >= 11 is 11.9. The maximum Gasteiger partial charge on any atom is 0.137 e. The summed E-state index contributed by atoms with van der Waals surface area (Å²) in [5, 5.41) is 1.04. The fourth-order valence-corrected chi connectivity index (χ4v) is 2.38. The van der Waals surface area contributed by atoms with Gasteiger partial charge in [-0.2, -0.15) is 0 Å². The lowest BCUT2D eigenvalue weighted by Crippen LogP contribution is -2.17. The van der Waals surface area contributed by atoms with E-state index in [9.17, 15) is 4.79 Å². The Hall–Kier alpha value is -0.530. The maximum absolute atomic E-state index is 11.8. The van der Waals surface area contributed by atoms with Crippen LogP contribution in [0.1, 0.15) is 31.2 Å². The Morgan fingerprint density at radius 3 is 2.69 bits per heavy atom. The minimum absolute atomic E-state index is 0.272. The molecule has 1 aromatic rings. The van der Waals surface area contributed by atoms with Crippen molar-refractivity contribution in [2.45, 2.75) is 32.1 Å². The summed E-state index contributed by atoms with van der Waals surface area (Å²) in [6.45, 7) is 0. The highest BCUT2D eigenvalue weighted by Crippen LogP contribution is 2.31. The molecule has 0 aliphatic heterocycles. The number of halogens is 2. The highest BCUT2D eigenvalue weighted by atomic mass is 35.5. The lowest BCUT2D eigenvalue weighted by atomic mass is 9.81. The third-order valence-electron chi connectivity index (χ3n) is 3.16. The molecule has 1 aliphatic rings. The molecule has 2 rings (SSSR count). The number of carbonyl (C=O) groups is 1. The molecule has 0 spiro atoms. The van der Waals surface area contributed by atoms with Crippen LogP contribution in [0, 0.1) is 5.92 Å². The van der Waals surface area contributed by atoms with E-state index in [4.69, 9.17) is 23.2 Å². The van der Waals surface area contributed by atoms with Crippen LogP contribution in [0.25, 0.3) is 0 Å². The Morgan fingerprint density at radius 1 is 1.31 bits per heavy atom. The zero-order valence-electron chi connectivity index (χ0n) is 9.01. The van der Waals surface area contributed by atoms with Gasteiger partial charge in [0.05, 0.1) is 10.0 Å². The first-order valence-electron chi connectivity index (χ1n) is 5.61. The third kappa shape index (κ3) is 2.78. The third-order valence-corrected chi connectivity index (χ3v) is 4.02. The summed E-state index contributed by atoms with van der Waals surface area (Å²) in [6, 6.07) is 5.44. The molecule has 1 aliphatic carbocycles. The van der Waals surface area contributed by atoms with Gasteiger partial charge < -0.3 is 0 Å². The van der Waals surface area contributed by atoms with E-state index in [-0.39, 0.29) is 5.78 Å². The number of hydrogen-bond donors (Lipinski definition) is 0. The average molecular weight is 257 g/mol. The average Bonchev–Trinajstić information content (AvgIpc) is 2.19. The molecule has 1 aromatic carbocycles. The second kappa shape index (κ2) is 5.20. The van der Waals surface area contributed by atoms with Crippen LogP contribution in [0.2, 0.25) is 10.0 Å². The van der Waals surface area contributed by atoms with E-state index >= 15 is 0 Å². The normalized spacial score (nSPS) is 15.9. The predicted molar refractivity (Wildman–Crippen MR) is 67.1 cm³/mol. The Labute approximate surface area is 106 Å². The van der Waals surface area contributed by atoms with Crippen molar-refractivity contribution in [2.24, 2.45) is 5.92 Å². The van der Waals surface area contributed by atoms with Gasteiger partial charge in [0.15, 0.2) is 0 Å². The van der Waals surface area contributed by atoms with E-state index in [1.165, 1.54) is 19.3 Å². The predicted octanol–water partition coefficient (Wildman–Crippen LogP) is 4.30. The maximum atomic E-state index is 11.8. The highest BCUT2D eigenvalue weighted by molar-refractivity contribution is 6.42. The van der Waals surface area contributed by atoms with Crippen LogP contribution in [-0.4, -0.2) is 5.78 Å². The van der Waals surface area contributed by atoms with Gasteiger partial charge in [-0.25, -0.2) is 0 Å². The Morgan fingerprint density at radius 2 is 2.06 bits per heavy atom. The second-order valence-electron chi connectivity index (χ2n) is 4.43. The van der Waals surface area contributed by atoms with E-state index in [2.05, 4.69) is 0 Å². The van der Waals surface area contributed by atoms with Crippen molar-refractivity contribution in [1.29, 1.82) is 0 Å². The van der Waals surface area contributed by atoms with Crippen LogP contribution < -0.4 is 0 Å². The molecule has 1 fully saturated rings. The SMILES string of the molecule is O=C(Cc1cccc(Cl)c1Cl)CC1CCC1. The van der Waals surface area contributed by atoms with Gasteiger partial charge in [0.1, 0.15) is 5.78 Å². The number of hydrogen-bond acceptors (Lipinski definition) is 1. The van der Waals surface area contributed by atoms with Crippen LogP contribution in [0.15, 0.2) is 18.2 Å². The van der Waals surface area contributed by atoms with Crippen molar-refractivity contribution >= 4 is 29.0 Å². The smallest absolute Gasteiger partial charge is 0.137 e. The topological polar surface area (TPSA) is 17.1 Å². The van der Waals surface area contributed by atoms with Crippen molar-refractivity contribution in [1.82, 2.24) is 0 Å². The summed E-state index contributed by atoms with van der Waals surface area (Å²) < 4.78 is 0. The molecule has 86 valence electrons. The fourth-order valence-electron chi connectivity index (χ4n) is 1.99. The van der Waals surface area contributed by atoms with Gasteiger partial charge in [0.25, 0.3) is 0 Å². The molecule has 1 nitrogen and oxygen atoms in total. The van der Waals surface area contributed by atoms with E-state index in [0.29, 0.717) is 28.8 Å². The van der Waals surface area contributed by atoms with Gasteiger partial charge in [0.2, 0.25) is 0 Å². The Kier molecular flexibility index (Phi) is 3.88. The van der Waals surface area contributed by atoms with E-state index < -0.39 is 0 Å². The molecular weight excluding hydrogens is 243 g/mol. The molecule has 0 N–H and O–H groups in total. The molecule has 0 saturated heterocycles. The van der Waals surface area contributed by atoms with Crippen molar-refractivity contribution in [3.05, 3.63) is 33.8 Å². The summed E-state index contributed by atoms with van der Waals surface area (Å²) in [4.78, 5) is 11.8. The fraction of sp³-hybridized carbons (Fsp3) is 0.462. The largest absolute Gasteiger partial charge is 0.299 e. The molecule has 0 atom stereocenters. The molecule has 0 heterocycles.